The van der Waals surface area contributed by atoms with Gasteiger partial charge in [0.2, 0.25) is 0 Å². The van der Waals surface area contributed by atoms with Crippen molar-refractivity contribution >= 4 is 33.0 Å². The molecule has 0 saturated heterocycles. The molecular weight excluding hydrogens is 381 g/mol. The second-order valence-electron chi connectivity index (χ2n) is 5.40. The van der Waals surface area contributed by atoms with Crippen molar-refractivity contribution in [2.75, 3.05) is 5.32 Å². The van der Waals surface area contributed by atoms with Gasteiger partial charge >= 0.3 is 0 Å². The minimum Gasteiger partial charge on any atom is -0.459 e. The average Bonchev–Trinajstić information content (AvgIpc) is 3.07. The molecule has 1 amide bonds. The van der Waals surface area contributed by atoms with E-state index in [1.54, 1.807) is 18.2 Å². The van der Waals surface area contributed by atoms with E-state index in [4.69, 9.17) is 16.0 Å². The molecule has 0 aliphatic heterocycles. The summed E-state index contributed by atoms with van der Waals surface area (Å²) >= 11 is 5.68. The number of sulfone groups is 1. The summed E-state index contributed by atoms with van der Waals surface area (Å²) in [6.45, 7) is 0. The molecule has 1 heterocycles. The summed E-state index contributed by atoms with van der Waals surface area (Å²) in [4.78, 5) is 12.5. The maximum absolute atomic E-state index is 13.9. The first-order chi connectivity index (χ1) is 12.4. The fourth-order valence-electron chi connectivity index (χ4n) is 2.34. The molecule has 0 unspecified atom stereocenters. The van der Waals surface area contributed by atoms with Gasteiger partial charge in [0.1, 0.15) is 0 Å². The van der Waals surface area contributed by atoms with Crippen LogP contribution in [0, 0.1) is 5.82 Å². The number of carbonyl (C=O) groups excluding carboxylic acids is 1. The topological polar surface area (TPSA) is 76.4 Å². The van der Waals surface area contributed by atoms with E-state index in [9.17, 15) is 17.6 Å². The summed E-state index contributed by atoms with van der Waals surface area (Å²) in [5.41, 5.74) is 0.0459. The number of furan rings is 1. The van der Waals surface area contributed by atoms with Gasteiger partial charge in [0.25, 0.3) is 5.91 Å². The molecule has 0 bridgehead atoms. The van der Waals surface area contributed by atoms with Crippen LogP contribution in [0.1, 0.15) is 16.1 Å². The molecule has 0 radical (unpaired) electrons. The SMILES string of the molecule is O=C(Nc1cccc(Cl)c1F)c1occc1CS(=O)(=O)c1ccccc1. The Balaban J connectivity index is 1.84. The first kappa shape index (κ1) is 18.2. The highest BCUT2D eigenvalue weighted by Crippen LogP contribution is 2.24. The minimum atomic E-state index is -3.66. The molecule has 134 valence electrons. The van der Waals surface area contributed by atoms with E-state index in [-0.39, 0.29) is 26.9 Å². The zero-order chi connectivity index (χ0) is 18.7. The van der Waals surface area contributed by atoms with Crippen LogP contribution in [0.4, 0.5) is 10.1 Å². The van der Waals surface area contributed by atoms with E-state index in [0.29, 0.717) is 0 Å². The highest BCUT2D eigenvalue weighted by Gasteiger charge is 2.23. The first-order valence-corrected chi connectivity index (χ1v) is 9.51. The zero-order valence-electron chi connectivity index (χ0n) is 13.3. The van der Waals surface area contributed by atoms with Crippen molar-refractivity contribution in [2.45, 2.75) is 10.6 Å². The van der Waals surface area contributed by atoms with Crippen LogP contribution < -0.4 is 5.32 Å². The highest BCUT2D eigenvalue weighted by molar-refractivity contribution is 7.90. The molecule has 0 aliphatic carbocycles. The van der Waals surface area contributed by atoms with Gasteiger partial charge in [-0.1, -0.05) is 35.9 Å². The van der Waals surface area contributed by atoms with E-state index in [1.807, 2.05) is 0 Å². The lowest BCUT2D eigenvalue weighted by atomic mass is 10.2. The molecule has 3 rings (SSSR count). The van der Waals surface area contributed by atoms with Crippen LogP contribution in [-0.2, 0) is 15.6 Å². The van der Waals surface area contributed by atoms with Gasteiger partial charge in [-0.05, 0) is 30.3 Å². The fourth-order valence-corrected chi connectivity index (χ4v) is 3.89. The van der Waals surface area contributed by atoms with Gasteiger partial charge in [-0.2, -0.15) is 0 Å². The second kappa shape index (κ2) is 7.31. The van der Waals surface area contributed by atoms with Crippen LogP contribution in [-0.4, -0.2) is 14.3 Å². The molecule has 0 fully saturated rings. The zero-order valence-corrected chi connectivity index (χ0v) is 14.9. The van der Waals surface area contributed by atoms with E-state index < -0.39 is 27.3 Å². The Morgan fingerprint density at radius 1 is 1.08 bits per heavy atom. The standard InChI is InChI=1S/C18H13ClFNO4S/c19-14-7-4-8-15(16(14)20)21-18(22)17-12(9-10-25-17)11-26(23,24)13-5-2-1-3-6-13/h1-10H,11H2,(H,21,22). The van der Waals surface area contributed by atoms with Gasteiger partial charge in [-0.3, -0.25) is 4.79 Å². The molecule has 0 aliphatic rings. The maximum Gasteiger partial charge on any atom is 0.291 e. The van der Waals surface area contributed by atoms with E-state index in [0.717, 1.165) is 0 Å². The number of nitrogens with one attached hydrogen (secondary N) is 1. The van der Waals surface area contributed by atoms with Crippen molar-refractivity contribution in [2.24, 2.45) is 0 Å². The predicted octanol–water partition coefficient (Wildman–Crippen LogP) is 4.30. The Morgan fingerprint density at radius 2 is 1.81 bits per heavy atom. The lowest BCUT2D eigenvalue weighted by Gasteiger charge is -2.08. The number of anilines is 1. The van der Waals surface area contributed by atoms with Gasteiger partial charge in [-0.25, -0.2) is 12.8 Å². The number of halogens is 2. The number of hydrogen-bond donors (Lipinski definition) is 1. The van der Waals surface area contributed by atoms with Gasteiger partial charge in [-0.15, -0.1) is 0 Å². The average molecular weight is 394 g/mol. The van der Waals surface area contributed by atoms with E-state index >= 15 is 0 Å². The molecule has 3 aromatic rings. The smallest absolute Gasteiger partial charge is 0.291 e. The Bertz CT molecular complexity index is 1050. The molecule has 26 heavy (non-hydrogen) atoms. The van der Waals surface area contributed by atoms with Crippen molar-refractivity contribution in [3.05, 3.63) is 83.0 Å². The van der Waals surface area contributed by atoms with Crippen molar-refractivity contribution in [1.29, 1.82) is 0 Å². The molecular formula is C18H13ClFNO4S. The third-order valence-electron chi connectivity index (χ3n) is 3.60. The first-order valence-electron chi connectivity index (χ1n) is 7.48. The number of hydrogen-bond acceptors (Lipinski definition) is 4. The second-order valence-corrected chi connectivity index (χ2v) is 7.80. The van der Waals surface area contributed by atoms with Crippen LogP contribution >= 0.6 is 11.6 Å². The van der Waals surface area contributed by atoms with Crippen molar-refractivity contribution in [1.82, 2.24) is 0 Å². The van der Waals surface area contributed by atoms with Crippen LogP contribution in [0.15, 0.2) is 70.2 Å². The minimum absolute atomic E-state index is 0.129. The van der Waals surface area contributed by atoms with Crippen molar-refractivity contribution in [3.63, 3.8) is 0 Å². The summed E-state index contributed by atoms with van der Waals surface area (Å²) in [5, 5.41) is 2.19. The third-order valence-corrected chi connectivity index (χ3v) is 5.57. The Morgan fingerprint density at radius 3 is 2.54 bits per heavy atom. The molecule has 1 aromatic heterocycles. The number of benzene rings is 2. The van der Waals surface area contributed by atoms with Crippen LogP contribution in [0.2, 0.25) is 5.02 Å². The Kier molecular flexibility index (Phi) is 5.11. The monoisotopic (exact) mass is 393 g/mol. The molecule has 0 saturated carbocycles. The van der Waals surface area contributed by atoms with Crippen molar-refractivity contribution in [3.8, 4) is 0 Å². The molecule has 5 nitrogen and oxygen atoms in total. The molecule has 0 atom stereocenters. The Hall–Kier alpha value is -2.64. The predicted molar refractivity (Wildman–Crippen MR) is 95.4 cm³/mol. The van der Waals surface area contributed by atoms with Gasteiger partial charge in [0.05, 0.1) is 27.6 Å². The number of amides is 1. The quantitative estimate of drug-likeness (QED) is 0.701. The maximum atomic E-state index is 13.9. The van der Waals surface area contributed by atoms with Crippen LogP contribution in [0.25, 0.3) is 0 Å². The van der Waals surface area contributed by atoms with Gasteiger partial charge < -0.3 is 9.73 Å². The van der Waals surface area contributed by atoms with E-state index in [1.165, 1.54) is 42.7 Å². The number of carbonyl (C=O) groups is 1. The fraction of sp³-hybridized carbons (Fsp3) is 0.0556. The van der Waals surface area contributed by atoms with Crippen molar-refractivity contribution < 1.29 is 22.0 Å². The highest BCUT2D eigenvalue weighted by atomic mass is 35.5. The number of rotatable bonds is 5. The summed E-state index contributed by atoms with van der Waals surface area (Å²) in [6, 6.07) is 13.4. The van der Waals surface area contributed by atoms with Crippen LogP contribution in [0.5, 0.6) is 0 Å². The third kappa shape index (κ3) is 3.79. The summed E-state index contributed by atoms with van der Waals surface area (Å²) in [6.07, 6.45) is 1.21. The van der Waals surface area contributed by atoms with E-state index in [2.05, 4.69) is 5.32 Å². The van der Waals surface area contributed by atoms with Crippen LogP contribution in [0.3, 0.4) is 0 Å². The molecule has 1 N–H and O–H groups in total. The molecule has 2 aromatic carbocycles. The van der Waals surface area contributed by atoms with Gasteiger partial charge in [0.15, 0.2) is 21.4 Å². The normalized spacial score (nSPS) is 11.3. The largest absolute Gasteiger partial charge is 0.459 e. The summed E-state index contributed by atoms with van der Waals surface area (Å²) in [5.74, 6) is -2.18. The lowest BCUT2D eigenvalue weighted by molar-refractivity contribution is 0.0995. The van der Waals surface area contributed by atoms with Gasteiger partial charge in [0, 0.05) is 5.56 Å². The molecule has 8 heteroatoms. The lowest BCUT2D eigenvalue weighted by Crippen LogP contribution is -2.15. The molecule has 0 spiro atoms. The summed E-state index contributed by atoms with van der Waals surface area (Å²) in [7, 11) is -3.66. The summed E-state index contributed by atoms with van der Waals surface area (Å²) < 4.78 is 44.0. The Labute approximate surface area is 154 Å².